The van der Waals surface area contributed by atoms with Gasteiger partial charge in [-0.1, -0.05) is 35.9 Å². The van der Waals surface area contributed by atoms with Crippen LogP contribution in [0.2, 0.25) is 5.02 Å². The van der Waals surface area contributed by atoms with Gasteiger partial charge in [-0.3, -0.25) is 4.79 Å². The van der Waals surface area contributed by atoms with E-state index in [2.05, 4.69) is 0 Å². The van der Waals surface area contributed by atoms with E-state index < -0.39 is 0 Å². The molecule has 2 aromatic carbocycles. The van der Waals surface area contributed by atoms with Gasteiger partial charge in [-0.2, -0.15) is 0 Å². The highest BCUT2D eigenvalue weighted by atomic mass is 35.5. The van der Waals surface area contributed by atoms with Crippen molar-refractivity contribution < 1.29 is 9.53 Å². The van der Waals surface area contributed by atoms with E-state index in [9.17, 15) is 4.79 Å². The molecule has 0 amide bonds. The lowest BCUT2D eigenvalue weighted by atomic mass is 10.0. The number of benzene rings is 2. The number of ether oxygens (including phenoxy) is 1. The quantitative estimate of drug-likeness (QED) is 0.596. The van der Waals surface area contributed by atoms with Gasteiger partial charge < -0.3 is 4.74 Å². The predicted octanol–water partition coefficient (Wildman–Crippen LogP) is 4.24. The minimum atomic E-state index is -0.314. The van der Waals surface area contributed by atoms with Crippen LogP contribution in [0.15, 0.2) is 42.5 Å². The smallest absolute Gasteiger partial charge is 0.308 e. The van der Waals surface area contributed by atoms with Crippen LogP contribution in [0.5, 0.6) is 5.75 Å². The van der Waals surface area contributed by atoms with Crippen molar-refractivity contribution in [2.24, 2.45) is 0 Å². The molecule has 0 aliphatic carbocycles. The maximum atomic E-state index is 11.0. The number of rotatable bonds is 2. The molecule has 0 fully saturated rings. The molecule has 0 aliphatic rings. The molecule has 0 aromatic heterocycles. The van der Waals surface area contributed by atoms with Gasteiger partial charge in [0.1, 0.15) is 5.75 Å². The Morgan fingerprint density at radius 2 is 1.67 bits per heavy atom. The standard InChI is InChI=1S/C15H13ClO2/c1-10-3-4-13(9-15(10)18-11(2)17)12-5-7-14(16)8-6-12/h3-9H,1-2H3. The lowest BCUT2D eigenvalue weighted by Gasteiger charge is -2.08. The molecule has 0 spiro atoms. The molecule has 2 aromatic rings. The highest BCUT2D eigenvalue weighted by Gasteiger charge is 2.05. The number of carbonyl (C=O) groups is 1. The lowest BCUT2D eigenvalue weighted by molar-refractivity contribution is -0.131. The average molecular weight is 261 g/mol. The number of esters is 1. The highest BCUT2D eigenvalue weighted by molar-refractivity contribution is 6.30. The molecule has 0 atom stereocenters. The molecule has 0 aliphatic heterocycles. The Morgan fingerprint density at radius 3 is 2.28 bits per heavy atom. The van der Waals surface area contributed by atoms with Crippen LogP contribution in [0.4, 0.5) is 0 Å². The Kier molecular flexibility index (Phi) is 3.68. The molecular formula is C15H13ClO2. The first-order valence-corrected chi connectivity index (χ1v) is 5.99. The number of aryl methyl sites for hydroxylation is 1. The summed E-state index contributed by atoms with van der Waals surface area (Å²) in [4.78, 5) is 11.0. The third-order valence-corrected chi connectivity index (χ3v) is 2.87. The summed E-state index contributed by atoms with van der Waals surface area (Å²) in [6, 6.07) is 13.3. The summed E-state index contributed by atoms with van der Waals surface area (Å²) in [6.45, 7) is 3.30. The van der Waals surface area contributed by atoms with E-state index in [-0.39, 0.29) is 5.97 Å². The Labute approximate surface area is 111 Å². The highest BCUT2D eigenvalue weighted by Crippen LogP contribution is 2.27. The van der Waals surface area contributed by atoms with Gasteiger partial charge >= 0.3 is 5.97 Å². The van der Waals surface area contributed by atoms with E-state index in [1.165, 1.54) is 6.92 Å². The third-order valence-electron chi connectivity index (χ3n) is 2.62. The molecule has 2 rings (SSSR count). The minimum Gasteiger partial charge on any atom is -0.426 e. The topological polar surface area (TPSA) is 26.3 Å². The number of carbonyl (C=O) groups excluding carboxylic acids is 1. The van der Waals surface area contributed by atoms with Gasteiger partial charge in [0, 0.05) is 11.9 Å². The van der Waals surface area contributed by atoms with Gasteiger partial charge in [0.05, 0.1) is 0 Å². The first-order chi connectivity index (χ1) is 8.56. The second kappa shape index (κ2) is 5.23. The molecule has 3 heteroatoms. The van der Waals surface area contributed by atoms with E-state index in [0.29, 0.717) is 10.8 Å². The zero-order valence-electron chi connectivity index (χ0n) is 10.2. The van der Waals surface area contributed by atoms with Crippen molar-refractivity contribution in [3.05, 3.63) is 53.1 Å². The van der Waals surface area contributed by atoms with Crippen molar-refractivity contribution in [1.29, 1.82) is 0 Å². The molecule has 18 heavy (non-hydrogen) atoms. The maximum absolute atomic E-state index is 11.0. The van der Waals surface area contributed by atoms with Gasteiger partial charge in [0.2, 0.25) is 0 Å². The van der Waals surface area contributed by atoms with E-state index in [0.717, 1.165) is 16.7 Å². The Hall–Kier alpha value is -1.80. The Morgan fingerprint density at radius 1 is 1.06 bits per heavy atom. The van der Waals surface area contributed by atoms with Crippen LogP contribution in [0.25, 0.3) is 11.1 Å². The average Bonchev–Trinajstić information content (AvgIpc) is 2.32. The van der Waals surface area contributed by atoms with E-state index in [1.807, 2.05) is 49.4 Å². The normalized spacial score (nSPS) is 10.2. The summed E-state index contributed by atoms with van der Waals surface area (Å²) in [7, 11) is 0. The van der Waals surface area contributed by atoms with Crippen molar-refractivity contribution in [3.63, 3.8) is 0 Å². The minimum absolute atomic E-state index is 0.314. The molecule has 92 valence electrons. The molecule has 0 radical (unpaired) electrons. The summed E-state index contributed by atoms with van der Waals surface area (Å²) in [5.74, 6) is 0.279. The number of halogens is 1. The number of hydrogen-bond donors (Lipinski definition) is 0. The van der Waals surface area contributed by atoms with E-state index in [4.69, 9.17) is 16.3 Å². The van der Waals surface area contributed by atoms with Crippen molar-refractivity contribution >= 4 is 17.6 Å². The summed E-state index contributed by atoms with van der Waals surface area (Å²) in [5.41, 5.74) is 2.96. The maximum Gasteiger partial charge on any atom is 0.308 e. The molecule has 2 nitrogen and oxygen atoms in total. The summed E-state index contributed by atoms with van der Waals surface area (Å²) in [5, 5.41) is 0.700. The Bertz CT molecular complexity index is 574. The molecular weight excluding hydrogens is 248 g/mol. The zero-order valence-corrected chi connectivity index (χ0v) is 11.0. The second-order valence-corrected chi connectivity index (χ2v) is 4.52. The SMILES string of the molecule is CC(=O)Oc1cc(-c2ccc(Cl)cc2)ccc1C. The van der Waals surface area contributed by atoms with Crippen LogP contribution in [0, 0.1) is 6.92 Å². The number of hydrogen-bond acceptors (Lipinski definition) is 2. The van der Waals surface area contributed by atoms with Crippen LogP contribution < -0.4 is 4.74 Å². The monoisotopic (exact) mass is 260 g/mol. The molecule has 0 saturated heterocycles. The fourth-order valence-corrected chi connectivity index (χ4v) is 1.81. The molecule has 0 saturated carbocycles. The van der Waals surface area contributed by atoms with Gasteiger partial charge in [-0.05, 0) is 41.8 Å². The fourth-order valence-electron chi connectivity index (χ4n) is 1.69. The van der Waals surface area contributed by atoms with Gasteiger partial charge in [0.15, 0.2) is 0 Å². The first kappa shape index (κ1) is 12.7. The Balaban J connectivity index is 2.40. The first-order valence-electron chi connectivity index (χ1n) is 5.61. The van der Waals surface area contributed by atoms with Crippen LogP contribution in [0.3, 0.4) is 0 Å². The van der Waals surface area contributed by atoms with Gasteiger partial charge in [-0.25, -0.2) is 0 Å². The lowest BCUT2D eigenvalue weighted by Crippen LogP contribution is -2.02. The van der Waals surface area contributed by atoms with Gasteiger partial charge in [0.25, 0.3) is 0 Å². The summed E-state index contributed by atoms with van der Waals surface area (Å²) < 4.78 is 5.17. The van der Waals surface area contributed by atoms with E-state index >= 15 is 0 Å². The molecule has 0 heterocycles. The van der Waals surface area contributed by atoms with E-state index in [1.54, 1.807) is 0 Å². The van der Waals surface area contributed by atoms with Crippen LogP contribution in [-0.2, 0) is 4.79 Å². The molecule has 0 bridgehead atoms. The van der Waals surface area contributed by atoms with Gasteiger partial charge in [-0.15, -0.1) is 0 Å². The summed E-state index contributed by atoms with van der Waals surface area (Å²) >= 11 is 5.86. The largest absolute Gasteiger partial charge is 0.426 e. The van der Waals surface area contributed by atoms with Crippen molar-refractivity contribution in [1.82, 2.24) is 0 Å². The van der Waals surface area contributed by atoms with Crippen molar-refractivity contribution in [3.8, 4) is 16.9 Å². The van der Waals surface area contributed by atoms with Crippen LogP contribution in [-0.4, -0.2) is 5.97 Å². The van der Waals surface area contributed by atoms with Crippen molar-refractivity contribution in [2.45, 2.75) is 13.8 Å². The third kappa shape index (κ3) is 2.90. The molecule has 0 N–H and O–H groups in total. The predicted molar refractivity (Wildman–Crippen MR) is 72.9 cm³/mol. The second-order valence-electron chi connectivity index (χ2n) is 4.08. The van der Waals surface area contributed by atoms with Crippen molar-refractivity contribution in [2.75, 3.05) is 0 Å². The summed E-state index contributed by atoms with van der Waals surface area (Å²) in [6.07, 6.45) is 0. The van der Waals surface area contributed by atoms with Crippen LogP contribution >= 0.6 is 11.6 Å². The zero-order chi connectivity index (χ0) is 13.1. The molecule has 0 unspecified atom stereocenters. The fraction of sp³-hybridized carbons (Fsp3) is 0.133. The van der Waals surface area contributed by atoms with Crippen LogP contribution in [0.1, 0.15) is 12.5 Å².